The van der Waals surface area contributed by atoms with Crippen molar-refractivity contribution in [1.29, 1.82) is 5.26 Å². The van der Waals surface area contributed by atoms with Gasteiger partial charge in [-0.05, 0) is 36.2 Å². The minimum Gasteiger partial charge on any atom is -0.490 e. The van der Waals surface area contributed by atoms with E-state index in [1.165, 1.54) is 0 Å². The molecule has 0 aliphatic heterocycles. The summed E-state index contributed by atoms with van der Waals surface area (Å²) in [5.41, 5.74) is 2.01. The maximum Gasteiger partial charge on any atom is 0.234 e. The van der Waals surface area contributed by atoms with Crippen molar-refractivity contribution in [2.75, 3.05) is 13.2 Å². The fourth-order valence-electron chi connectivity index (χ4n) is 2.11. The quantitative estimate of drug-likeness (QED) is 0.758. The number of rotatable bonds is 8. The zero-order chi connectivity index (χ0) is 17.2. The molecule has 24 heavy (non-hydrogen) atoms. The molecule has 2 aromatic carbocycles. The van der Waals surface area contributed by atoms with Gasteiger partial charge in [0.25, 0.3) is 0 Å². The van der Waals surface area contributed by atoms with E-state index in [4.69, 9.17) is 14.7 Å². The van der Waals surface area contributed by atoms with E-state index >= 15 is 0 Å². The first-order valence-electron chi connectivity index (χ1n) is 7.73. The molecule has 5 nitrogen and oxygen atoms in total. The first-order chi connectivity index (χ1) is 11.7. The number of nitrogens with one attached hydrogen (secondary N) is 1. The fourth-order valence-corrected chi connectivity index (χ4v) is 2.11. The molecule has 1 amide bonds. The molecule has 0 radical (unpaired) electrons. The number of hydrogen-bond donors (Lipinski definition) is 1. The SMILES string of the molecule is Cc1ccccc1OCCOc1cccc(CNC(=O)CC#N)c1. The number of ether oxygens (including phenoxy) is 2. The van der Waals surface area contributed by atoms with Crippen molar-refractivity contribution in [2.45, 2.75) is 19.9 Å². The zero-order valence-electron chi connectivity index (χ0n) is 13.6. The predicted octanol–water partition coefficient (Wildman–Crippen LogP) is 2.98. The van der Waals surface area contributed by atoms with Crippen molar-refractivity contribution >= 4 is 5.91 Å². The van der Waals surface area contributed by atoms with Crippen molar-refractivity contribution in [2.24, 2.45) is 0 Å². The largest absolute Gasteiger partial charge is 0.490 e. The molecular weight excluding hydrogens is 304 g/mol. The van der Waals surface area contributed by atoms with Gasteiger partial charge < -0.3 is 14.8 Å². The van der Waals surface area contributed by atoms with Gasteiger partial charge in [0.15, 0.2) is 0 Å². The first kappa shape index (κ1) is 17.4. The molecule has 124 valence electrons. The zero-order valence-corrected chi connectivity index (χ0v) is 13.6. The number of carbonyl (C=O) groups is 1. The van der Waals surface area contributed by atoms with Crippen LogP contribution in [-0.2, 0) is 11.3 Å². The summed E-state index contributed by atoms with van der Waals surface area (Å²) in [6.45, 7) is 3.25. The number of carbonyl (C=O) groups excluding carboxylic acids is 1. The molecule has 0 unspecified atom stereocenters. The summed E-state index contributed by atoms with van der Waals surface area (Å²) in [5, 5.41) is 11.1. The van der Waals surface area contributed by atoms with Gasteiger partial charge in [-0.1, -0.05) is 30.3 Å². The summed E-state index contributed by atoms with van der Waals surface area (Å²) >= 11 is 0. The minimum atomic E-state index is -0.282. The lowest BCUT2D eigenvalue weighted by Gasteiger charge is -2.11. The number of nitriles is 1. The van der Waals surface area contributed by atoms with Gasteiger partial charge in [0.1, 0.15) is 31.1 Å². The molecule has 0 aromatic heterocycles. The Hall–Kier alpha value is -3.00. The summed E-state index contributed by atoms with van der Waals surface area (Å²) < 4.78 is 11.4. The summed E-state index contributed by atoms with van der Waals surface area (Å²) in [7, 11) is 0. The van der Waals surface area contributed by atoms with E-state index in [2.05, 4.69) is 5.32 Å². The Kier molecular flexibility index (Phi) is 6.66. The summed E-state index contributed by atoms with van der Waals surface area (Å²) in [4.78, 5) is 11.3. The summed E-state index contributed by atoms with van der Waals surface area (Å²) in [6, 6.07) is 17.1. The molecule has 5 heteroatoms. The van der Waals surface area contributed by atoms with Crippen LogP contribution >= 0.6 is 0 Å². The van der Waals surface area contributed by atoms with Crippen molar-refractivity contribution in [1.82, 2.24) is 5.32 Å². The van der Waals surface area contributed by atoms with Crippen LogP contribution in [-0.4, -0.2) is 19.1 Å². The normalized spacial score (nSPS) is 9.83. The number of nitrogens with zero attached hydrogens (tertiary/aromatic N) is 1. The van der Waals surface area contributed by atoms with Crippen LogP contribution in [0.15, 0.2) is 48.5 Å². The molecule has 0 atom stereocenters. The van der Waals surface area contributed by atoms with E-state index in [-0.39, 0.29) is 12.3 Å². The predicted molar refractivity (Wildman–Crippen MR) is 90.7 cm³/mol. The number of aryl methyl sites for hydroxylation is 1. The van der Waals surface area contributed by atoms with E-state index in [0.29, 0.717) is 19.8 Å². The van der Waals surface area contributed by atoms with Gasteiger partial charge in [0.05, 0.1) is 6.07 Å². The van der Waals surface area contributed by atoms with Crippen molar-refractivity contribution < 1.29 is 14.3 Å². The van der Waals surface area contributed by atoms with Crippen LogP contribution in [0.25, 0.3) is 0 Å². The molecular formula is C19H20N2O3. The molecule has 2 rings (SSSR count). The third kappa shape index (κ3) is 5.65. The second kappa shape index (κ2) is 9.21. The van der Waals surface area contributed by atoms with E-state index < -0.39 is 0 Å². The maximum absolute atomic E-state index is 11.3. The smallest absolute Gasteiger partial charge is 0.234 e. The molecule has 0 heterocycles. The monoisotopic (exact) mass is 324 g/mol. The molecule has 0 aliphatic carbocycles. The highest BCUT2D eigenvalue weighted by molar-refractivity contribution is 5.77. The molecule has 0 bridgehead atoms. The number of hydrogen-bond acceptors (Lipinski definition) is 4. The Morgan fingerprint density at radius 2 is 1.92 bits per heavy atom. The molecule has 0 saturated heterocycles. The average molecular weight is 324 g/mol. The van der Waals surface area contributed by atoms with Crippen LogP contribution in [0.4, 0.5) is 0 Å². The average Bonchev–Trinajstić information content (AvgIpc) is 2.59. The van der Waals surface area contributed by atoms with Gasteiger partial charge >= 0.3 is 0 Å². The van der Waals surface area contributed by atoms with Gasteiger partial charge in [-0.25, -0.2) is 0 Å². The van der Waals surface area contributed by atoms with Crippen LogP contribution < -0.4 is 14.8 Å². The molecule has 2 aromatic rings. The van der Waals surface area contributed by atoms with Gasteiger partial charge in [-0.2, -0.15) is 5.26 Å². The standard InChI is InChI=1S/C19H20N2O3/c1-15-5-2-3-8-18(15)24-12-11-23-17-7-4-6-16(13-17)14-21-19(22)9-10-20/h2-8,13H,9,11-12,14H2,1H3,(H,21,22). The second-order valence-corrected chi connectivity index (χ2v) is 5.22. The molecule has 0 saturated carbocycles. The lowest BCUT2D eigenvalue weighted by Crippen LogP contribution is -2.21. The highest BCUT2D eigenvalue weighted by atomic mass is 16.5. The number of benzene rings is 2. The maximum atomic E-state index is 11.3. The van der Waals surface area contributed by atoms with E-state index in [9.17, 15) is 4.79 Å². The van der Waals surface area contributed by atoms with E-state index in [1.807, 2.05) is 61.5 Å². The molecule has 0 aliphatic rings. The third-order valence-electron chi connectivity index (χ3n) is 3.33. The highest BCUT2D eigenvalue weighted by Gasteiger charge is 2.02. The Labute approximate surface area is 141 Å². The molecule has 1 N–H and O–H groups in total. The fraction of sp³-hybridized carbons (Fsp3) is 0.263. The third-order valence-corrected chi connectivity index (χ3v) is 3.33. The summed E-state index contributed by atoms with van der Waals surface area (Å²) in [5.74, 6) is 1.29. The lowest BCUT2D eigenvalue weighted by atomic mass is 10.2. The van der Waals surface area contributed by atoms with Crippen LogP contribution in [0.5, 0.6) is 11.5 Å². The van der Waals surface area contributed by atoms with E-state index in [0.717, 1.165) is 22.6 Å². The molecule has 0 spiro atoms. The van der Waals surface area contributed by atoms with Crippen LogP contribution in [0.3, 0.4) is 0 Å². The topological polar surface area (TPSA) is 71.3 Å². The van der Waals surface area contributed by atoms with Gasteiger partial charge in [0.2, 0.25) is 5.91 Å². The Balaban J connectivity index is 1.77. The Bertz CT molecular complexity index is 723. The second-order valence-electron chi connectivity index (χ2n) is 5.22. The first-order valence-corrected chi connectivity index (χ1v) is 7.73. The summed E-state index contributed by atoms with van der Waals surface area (Å²) in [6.07, 6.45) is -0.133. The van der Waals surface area contributed by atoms with Gasteiger partial charge in [0, 0.05) is 6.54 Å². The highest BCUT2D eigenvalue weighted by Crippen LogP contribution is 2.16. The van der Waals surface area contributed by atoms with Crippen molar-refractivity contribution in [3.8, 4) is 17.6 Å². The van der Waals surface area contributed by atoms with Crippen molar-refractivity contribution in [3.05, 3.63) is 59.7 Å². The van der Waals surface area contributed by atoms with Gasteiger partial charge in [-0.3, -0.25) is 4.79 Å². The molecule has 0 fully saturated rings. The van der Waals surface area contributed by atoms with Crippen molar-refractivity contribution in [3.63, 3.8) is 0 Å². The Morgan fingerprint density at radius 3 is 2.71 bits per heavy atom. The van der Waals surface area contributed by atoms with Crippen LogP contribution in [0, 0.1) is 18.3 Å². The van der Waals surface area contributed by atoms with Gasteiger partial charge in [-0.15, -0.1) is 0 Å². The Morgan fingerprint density at radius 1 is 1.12 bits per heavy atom. The van der Waals surface area contributed by atoms with Crippen LogP contribution in [0.2, 0.25) is 0 Å². The minimum absolute atomic E-state index is 0.133. The van der Waals surface area contributed by atoms with E-state index in [1.54, 1.807) is 0 Å². The van der Waals surface area contributed by atoms with Crippen LogP contribution in [0.1, 0.15) is 17.5 Å². The number of amides is 1. The number of para-hydroxylation sites is 1. The lowest BCUT2D eigenvalue weighted by molar-refractivity contribution is -0.120.